The lowest BCUT2D eigenvalue weighted by Crippen LogP contribution is -2.11. The van der Waals surface area contributed by atoms with Gasteiger partial charge < -0.3 is 5.32 Å². The van der Waals surface area contributed by atoms with Crippen molar-refractivity contribution < 1.29 is 4.79 Å². The molecule has 0 aromatic heterocycles. The van der Waals surface area contributed by atoms with E-state index in [1.54, 1.807) is 0 Å². The van der Waals surface area contributed by atoms with E-state index in [0.717, 1.165) is 29.8 Å². The van der Waals surface area contributed by atoms with Gasteiger partial charge in [-0.2, -0.15) is 0 Å². The largest absolute Gasteiger partial charge is 0.356 e. The fourth-order valence-corrected chi connectivity index (χ4v) is 1.55. The third-order valence-corrected chi connectivity index (χ3v) is 2.65. The Balaban J connectivity index is 3.03. The van der Waals surface area contributed by atoms with E-state index in [1.165, 1.54) is 5.57 Å². The lowest BCUT2D eigenvalue weighted by atomic mass is 10.0. The van der Waals surface area contributed by atoms with Gasteiger partial charge in [-0.3, -0.25) is 4.79 Å². The van der Waals surface area contributed by atoms with Crippen molar-refractivity contribution >= 4 is 5.78 Å². The van der Waals surface area contributed by atoms with Gasteiger partial charge in [-0.25, -0.2) is 0 Å². The molecule has 1 aliphatic heterocycles. The average molecular weight is 179 g/mol. The van der Waals surface area contributed by atoms with Crippen LogP contribution in [0.2, 0.25) is 0 Å². The third kappa shape index (κ3) is 1.67. The first-order chi connectivity index (χ1) is 6.11. The quantitative estimate of drug-likeness (QED) is 0.660. The van der Waals surface area contributed by atoms with Gasteiger partial charge in [0.05, 0.1) is 5.70 Å². The molecule has 13 heavy (non-hydrogen) atoms. The number of carbonyl (C=O) groups is 1. The molecule has 0 bridgehead atoms. The maximum Gasteiger partial charge on any atom is 0.206 e. The van der Waals surface area contributed by atoms with E-state index in [0.29, 0.717) is 0 Å². The summed E-state index contributed by atoms with van der Waals surface area (Å²) >= 11 is 0. The van der Waals surface area contributed by atoms with Crippen molar-refractivity contribution in [3.63, 3.8) is 0 Å². The Kier molecular flexibility index (Phi) is 2.91. The van der Waals surface area contributed by atoms with Gasteiger partial charge in [0.15, 0.2) is 0 Å². The molecule has 0 aliphatic carbocycles. The number of carbonyl (C=O) groups excluding carboxylic acids is 1. The molecule has 0 saturated carbocycles. The smallest absolute Gasteiger partial charge is 0.206 e. The summed E-state index contributed by atoms with van der Waals surface area (Å²) in [6.45, 7) is 8.00. The Hall–Kier alpha value is -1.05. The van der Waals surface area contributed by atoms with Gasteiger partial charge in [0.25, 0.3) is 0 Å². The summed E-state index contributed by atoms with van der Waals surface area (Å²) in [4.78, 5) is 11.7. The van der Waals surface area contributed by atoms with Gasteiger partial charge >= 0.3 is 0 Å². The van der Waals surface area contributed by atoms with Crippen molar-refractivity contribution in [1.29, 1.82) is 0 Å². The molecule has 0 amide bonds. The normalized spacial score (nSPS) is 16.6. The maximum absolute atomic E-state index is 11.7. The van der Waals surface area contributed by atoms with E-state index in [-0.39, 0.29) is 5.78 Å². The van der Waals surface area contributed by atoms with Crippen molar-refractivity contribution in [2.45, 2.75) is 40.5 Å². The Morgan fingerprint density at radius 1 is 1.23 bits per heavy atom. The van der Waals surface area contributed by atoms with Crippen LogP contribution in [-0.2, 0) is 4.79 Å². The highest BCUT2D eigenvalue weighted by Crippen LogP contribution is 2.22. The number of hydrogen-bond donors (Lipinski definition) is 1. The second kappa shape index (κ2) is 3.77. The number of Topliss-reactive ketones (excluding diaryl/α,β-unsaturated/α-hetero) is 1. The highest BCUT2D eigenvalue weighted by atomic mass is 16.1. The lowest BCUT2D eigenvalue weighted by Gasteiger charge is -2.06. The molecule has 1 rings (SSSR count). The standard InChI is InChI=1S/C11H17NO/c1-5-9(6-2)10-11(13)7(3)8(4)12-10/h12H,5-6H2,1-4H3. The van der Waals surface area contributed by atoms with E-state index < -0.39 is 0 Å². The monoisotopic (exact) mass is 179 g/mol. The summed E-state index contributed by atoms with van der Waals surface area (Å²) in [5.41, 5.74) is 3.90. The van der Waals surface area contributed by atoms with Crippen molar-refractivity contribution in [1.82, 2.24) is 5.32 Å². The highest BCUT2D eigenvalue weighted by Gasteiger charge is 2.23. The highest BCUT2D eigenvalue weighted by molar-refractivity contribution is 6.11. The van der Waals surface area contributed by atoms with Crippen LogP contribution in [0, 0.1) is 0 Å². The van der Waals surface area contributed by atoms with E-state index in [4.69, 9.17) is 0 Å². The first-order valence-corrected chi connectivity index (χ1v) is 4.83. The predicted octanol–water partition coefficient (Wildman–Crippen LogP) is 2.53. The summed E-state index contributed by atoms with van der Waals surface area (Å²) in [5.74, 6) is 0.177. The van der Waals surface area contributed by atoms with Gasteiger partial charge in [0.2, 0.25) is 5.78 Å². The van der Waals surface area contributed by atoms with Crippen LogP contribution in [0.25, 0.3) is 0 Å². The number of hydrogen-bond acceptors (Lipinski definition) is 2. The van der Waals surface area contributed by atoms with Crippen LogP contribution >= 0.6 is 0 Å². The van der Waals surface area contributed by atoms with Crippen LogP contribution < -0.4 is 5.32 Å². The third-order valence-electron chi connectivity index (χ3n) is 2.65. The van der Waals surface area contributed by atoms with Gasteiger partial charge in [0, 0.05) is 11.3 Å². The molecule has 2 heteroatoms. The molecule has 0 unspecified atom stereocenters. The summed E-state index contributed by atoms with van der Waals surface area (Å²) in [5, 5.41) is 3.16. The Labute approximate surface area is 79.7 Å². The summed E-state index contributed by atoms with van der Waals surface area (Å²) < 4.78 is 0. The minimum absolute atomic E-state index is 0.177. The maximum atomic E-state index is 11.7. The molecule has 0 radical (unpaired) electrons. The van der Waals surface area contributed by atoms with E-state index in [2.05, 4.69) is 19.2 Å². The second-order valence-electron chi connectivity index (χ2n) is 3.39. The summed E-state index contributed by atoms with van der Waals surface area (Å²) in [6, 6.07) is 0. The lowest BCUT2D eigenvalue weighted by molar-refractivity contribution is -0.112. The van der Waals surface area contributed by atoms with Crippen LogP contribution in [-0.4, -0.2) is 5.78 Å². The summed E-state index contributed by atoms with van der Waals surface area (Å²) in [6.07, 6.45) is 1.90. The zero-order chi connectivity index (χ0) is 10.0. The molecule has 1 heterocycles. The molecule has 2 nitrogen and oxygen atoms in total. The Bertz CT molecular complexity index is 291. The molecule has 0 aromatic rings. The first-order valence-electron chi connectivity index (χ1n) is 4.83. The van der Waals surface area contributed by atoms with Gasteiger partial charge in [-0.1, -0.05) is 13.8 Å². The molecule has 1 aliphatic rings. The zero-order valence-corrected chi connectivity index (χ0v) is 8.82. The van der Waals surface area contributed by atoms with Gasteiger partial charge in [-0.15, -0.1) is 0 Å². The number of allylic oxidation sites excluding steroid dienone is 3. The molecule has 0 saturated heterocycles. The van der Waals surface area contributed by atoms with Gasteiger partial charge in [0.1, 0.15) is 0 Å². The molecular weight excluding hydrogens is 162 g/mol. The van der Waals surface area contributed by atoms with Crippen LogP contribution in [0.5, 0.6) is 0 Å². The molecule has 0 atom stereocenters. The molecule has 1 N–H and O–H groups in total. The Morgan fingerprint density at radius 2 is 1.77 bits per heavy atom. The molecule has 0 fully saturated rings. The number of nitrogens with one attached hydrogen (secondary N) is 1. The van der Waals surface area contributed by atoms with Crippen LogP contribution in [0.4, 0.5) is 0 Å². The van der Waals surface area contributed by atoms with Crippen molar-refractivity contribution in [3.8, 4) is 0 Å². The summed E-state index contributed by atoms with van der Waals surface area (Å²) in [7, 11) is 0. The Morgan fingerprint density at radius 3 is 2.08 bits per heavy atom. The van der Waals surface area contributed by atoms with Crippen LogP contribution in [0.15, 0.2) is 22.5 Å². The average Bonchev–Trinajstić information content (AvgIpc) is 2.36. The topological polar surface area (TPSA) is 29.1 Å². The fraction of sp³-hybridized carbons (Fsp3) is 0.545. The zero-order valence-electron chi connectivity index (χ0n) is 8.82. The SMILES string of the molecule is CCC(CC)=C1NC(C)=C(C)C1=O. The molecule has 0 spiro atoms. The predicted molar refractivity (Wildman–Crippen MR) is 54.1 cm³/mol. The number of ketones is 1. The van der Waals surface area contributed by atoms with E-state index >= 15 is 0 Å². The van der Waals surface area contributed by atoms with Crippen molar-refractivity contribution in [2.24, 2.45) is 0 Å². The second-order valence-corrected chi connectivity index (χ2v) is 3.39. The van der Waals surface area contributed by atoms with Crippen molar-refractivity contribution in [2.75, 3.05) is 0 Å². The minimum atomic E-state index is 0.177. The molecular formula is C11H17NO. The van der Waals surface area contributed by atoms with Crippen LogP contribution in [0.1, 0.15) is 40.5 Å². The number of rotatable bonds is 2. The van der Waals surface area contributed by atoms with Gasteiger partial charge in [-0.05, 0) is 32.3 Å². The fourth-order valence-electron chi connectivity index (χ4n) is 1.55. The molecule has 0 aromatic carbocycles. The van der Waals surface area contributed by atoms with E-state index in [9.17, 15) is 4.79 Å². The minimum Gasteiger partial charge on any atom is -0.356 e. The van der Waals surface area contributed by atoms with Crippen molar-refractivity contribution in [3.05, 3.63) is 22.5 Å². The first kappa shape index (κ1) is 10.0. The van der Waals surface area contributed by atoms with Crippen LogP contribution in [0.3, 0.4) is 0 Å². The molecule has 72 valence electrons. The van der Waals surface area contributed by atoms with E-state index in [1.807, 2.05) is 13.8 Å².